The molecule has 0 unspecified atom stereocenters. The van der Waals surface area contributed by atoms with Crippen LogP contribution < -0.4 is 10.5 Å². The first kappa shape index (κ1) is 14.7. The molecular weight excluding hydrogens is 296 g/mol. The molecule has 2 rings (SSSR count). The second-order valence-corrected chi connectivity index (χ2v) is 6.62. The van der Waals surface area contributed by atoms with E-state index >= 15 is 0 Å². The van der Waals surface area contributed by atoms with Crippen molar-refractivity contribution in [1.82, 2.24) is 0 Å². The lowest BCUT2D eigenvalue weighted by Crippen LogP contribution is -2.15. The van der Waals surface area contributed by atoms with E-state index < -0.39 is 10.0 Å². The Balaban J connectivity index is 2.47. The fourth-order valence-corrected chi connectivity index (χ4v) is 3.31. The van der Waals surface area contributed by atoms with Crippen molar-refractivity contribution in [3.05, 3.63) is 52.5 Å². The number of nitrogens with one attached hydrogen (secondary N) is 1. The Morgan fingerprint density at radius 1 is 1.10 bits per heavy atom. The number of benzene rings is 2. The topological polar surface area (TPSA) is 72.2 Å². The van der Waals surface area contributed by atoms with E-state index in [-0.39, 0.29) is 10.6 Å². The largest absolute Gasteiger partial charge is 0.398 e. The molecule has 6 heteroatoms. The van der Waals surface area contributed by atoms with E-state index in [1.54, 1.807) is 36.4 Å². The van der Waals surface area contributed by atoms with Crippen molar-refractivity contribution in [3.63, 3.8) is 0 Å². The summed E-state index contributed by atoms with van der Waals surface area (Å²) in [7, 11) is -3.77. The van der Waals surface area contributed by atoms with Crippen molar-refractivity contribution in [2.45, 2.75) is 18.7 Å². The third-order valence-electron chi connectivity index (χ3n) is 3.03. The van der Waals surface area contributed by atoms with Gasteiger partial charge in [-0.25, -0.2) is 8.42 Å². The van der Waals surface area contributed by atoms with Gasteiger partial charge in [-0.2, -0.15) is 0 Å². The number of anilines is 2. The van der Waals surface area contributed by atoms with Gasteiger partial charge in [-0.1, -0.05) is 23.7 Å². The lowest BCUT2D eigenvalue weighted by atomic mass is 10.1. The Hall–Kier alpha value is -1.72. The quantitative estimate of drug-likeness (QED) is 0.854. The molecule has 2 aromatic carbocycles. The summed E-state index contributed by atoms with van der Waals surface area (Å²) in [4.78, 5) is 0.0560. The fourth-order valence-electron chi connectivity index (χ4n) is 1.79. The van der Waals surface area contributed by atoms with Crippen molar-refractivity contribution in [2.75, 3.05) is 10.5 Å². The van der Waals surface area contributed by atoms with Crippen molar-refractivity contribution in [3.8, 4) is 0 Å². The van der Waals surface area contributed by atoms with Gasteiger partial charge in [0.2, 0.25) is 0 Å². The van der Waals surface area contributed by atoms with Crippen LogP contribution in [0.1, 0.15) is 11.1 Å². The van der Waals surface area contributed by atoms with Crippen LogP contribution in [0.25, 0.3) is 0 Å². The molecule has 106 valence electrons. The second-order valence-electron chi connectivity index (χ2n) is 4.56. The zero-order valence-electron chi connectivity index (χ0n) is 11.1. The second kappa shape index (κ2) is 5.34. The van der Waals surface area contributed by atoms with Gasteiger partial charge in [0.1, 0.15) is 4.90 Å². The molecule has 0 amide bonds. The first-order chi connectivity index (χ1) is 9.31. The maximum Gasteiger partial charge on any atom is 0.264 e. The van der Waals surface area contributed by atoms with E-state index in [4.69, 9.17) is 17.3 Å². The number of aryl methyl sites for hydroxylation is 2. The Morgan fingerprint density at radius 2 is 1.70 bits per heavy atom. The molecule has 0 aromatic heterocycles. The minimum absolute atomic E-state index is 0.0560. The van der Waals surface area contributed by atoms with Crippen molar-refractivity contribution < 1.29 is 8.42 Å². The third-order valence-corrected chi connectivity index (χ3v) is 4.78. The van der Waals surface area contributed by atoms with Crippen LogP contribution in [0.3, 0.4) is 0 Å². The van der Waals surface area contributed by atoms with Crippen LogP contribution in [-0.2, 0) is 10.0 Å². The minimum atomic E-state index is -3.77. The Labute approximate surface area is 123 Å². The predicted molar refractivity (Wildman–Crippen MR) is 82.6 cm³/mol. The van der Waals surface area contributed by atoms with E-state index in [0.29, 0.717) is 10.7 Å². The molecule has 0 aliphatic heterocycles. The molecule has 0 heterocycles. The first-order valence-corrected chi connectivity index (χ1v) is 7.81. The van der Waals surface area contributed by atoms with Gasteiger partial charge in [0.05, 0.1) is 16.4 Å². The van der Waals surface area contributed by atoms with Gasteiger partial charge < -0.3 is 5.73 Å². The van der Waals surface area contributed by atoms with Crippen molar-refractivity contribution >= 4 is 33.0 Å². The zero-order chi connectivity index (χ0) is 14.9. The number of hydrogen-bond acceptors (Lipinski definition) is 3. The summed E-state index contributed by atoms with van der Waals surface area (Å²) in [5.41, 5.74) is 8.16. The SMILES string of the molecule is Cc1cc(N)c(S(=O)(=O)Nc2ccccc2Cl)cc1C. The highest BCUT2D eigenvalue weighted by Crippen LogP contribution is 2.27. The van der Waals surface area contributed by atoms with Crippen molar-refractivity contribution in [1.29, 1.82) is 0 Å². The summed E-state index contributed by atoms with van der Waals surface area (Å²) in [5, 5.41) is 0.332. The molecule has 0 atom stereocenters. The highest BCUT2D eigenvalue weighted by atomic mass is 35.5. The highest BCUT2D eigenvalue weighted by Gasteiger charge is 2.19. The van der Waals surface area contributed by atoms with Crippen LogP contribution >= 0.6 is 11.6 Å². The standard InChI is InChI=1S/C14H15ClN2O2S/c1-9-7-12(16)14(8-10(9)2)20(18,19)17-13-6-4-3-5-11(13)15/h3-8,17H,16H2,1-2H3. The van der Waals surface area contributed by atoms with Crippen LogP contribution in [0, 0.1) is 13.8 Å². The molecule has 0 aliphatic rings. The number of rotatable bonds is 3. The van der Waals surface area contributed by atoms with E-state index in [2.05, 4.69) is 4.72 Å². The number of halogens is 1. The Morgan fingerprint density at radius 3 is 2.35 bits per heavy atom. The summed E-state index contributed by atoms with van der Waals surface area (Å²) >= 11 is 5.96. The molecule has 20 heavy (non-hydrogen) atoms. The fraction of sp³-hybridized carbons (Fsp3) is 0.143. The number of sulfonamides is 1. The lowest BCUT2D eigenvalue weighted by molar-refractivity contribution is 0.601. The predicted octanol–water partition coefficient (Wildman–Crippen LogP) is 3.34. The number of nitrogen functional groups attached to an aromatic ring is 1. The van der Waals surface area contributed by atoms with Gasteiger partial charge in [-0.3, -0.25) is 4.72 Å². The number of hydrogen-bond donors (Lipinski definition) is 2. The number of nitrogens with two attached hydrogens (primary N) is 1. The van der Waals surface area contributed by atoms with Crippen LogP contribution in [0.2, 0.25) is 5.02 Å². The summed E-state index contributed by atoms with van der Waals surface area (Å²) in [6, 6.07) is 9.85. The molecule has 0 saturated carbocycles. The molecular formula is C14H15ClN2O2S. The molecule has 0 radical (unpaired) electrons. The average molecular weight is 311 g/mol. The van der Waals surface area contributed by atoms with Gasteiger partial charge in [0.15, 0.2) is 0 Å². The molecule has 0 aliphatic carbocycles. The Kier molecular flexibility index (Phi) is 3.92. The summed E-state index contributed by atoms with van der Waals surface area (Å²) in [5.74, 6) is 0. The van der Waals surface area contributed by atoms with Crippen LogP contribution in [0.15, 0.2) is 41.3 Å². The van der Waals surface area contributed by atoms with Crippen LogP contribution in [0.4, 0.5) is 11.4 Å². The third kappa shape index (κ3) is 2.89. The van der Waals surface area contributed by atoms with Crippen molar-refractivity contribution in [2.24, 2.45) is 0 Å². The van der Waals surface area contributed by atoms with Crippen LogP contribution in [0.5, 0.6) is 0 Å². The van der Waals surface area contributed by atoms with Gasteiger partial charge in [-0.05, 0) is 49.2 Å². The van der Waals surface area contributed by atoms with Gasteiger partial charge in [0.25, 0.3) is 10.0 Å². The molecule has 4 nitrogen and oxygen atoms in total. The van der Waals surface area contributed by atoms with Crippen LogP contribution in [-0.4, -0.2) is 8.42 Å². The molecule has 0 saturated heterocycles. The van der Waals surface area contributed by atoms with E-state index in [1.165, 1.54) is 0 Å². The number of para-hydroxylation sites is 1. The molecule has 0 spiro atoms. The van der Waals surface area contributed by atoms with E-state index in [0.717, 1.165) is 11.1 Å². The van der Waals surface area contributed by atoms with Gasteiger partial charge in [-0.15, -0.1) is 0 Å². The maximum absolute atomic E-state index is 12.4. The minimum Gasteiger partial charge on any atom is -0.398 e. The zero-order valence-corrected chi connectivity index (χ0v) is 12.7. The first-order valence-electron chi connectivity index (χ1n) is 5.95. The molecule has 0 fully saturated rings. The molecule has 3 N–H and O–H groups in total. The summed E-state index contributed by atoms with van der Waals surface area (Å²) < 4.78 is 27.2. The molecule has 2 aromatic rings. The summed E-state index contributed by atoms with van der Waals surface area (Å²) in [6.45, 7) is 3.72. The Bertz CT molecular complexity index is 758. The van der Waals surface area contributed by atoms with E-state index in [9.17, 15) is 8.42 Å². The highest BCUT2D eigenvalue weighted by molar-refractivity contribution is 7.92. The smallest absolute Gasteiger partial charge is 0.264 e. The molecule has 0 bridgehead atoms. The van der Waals surface area contributed by atoms with E-state index in [1.807, 2.05) is 13.8 Å². The van der Waals surface area contributed by atoms with Gasteiger partial charge >= 0.3 is 0 Å². The monoisotopic (exact) mass is 310 g/mol. The maximum atomic E-state index is 12.4. The normalized spacial score (nSPS) is 11.3. The lowest BCUT2D eigenvalue weighted by Gasteiger charge is -2.13. The van der Waals surface area contributed by atoms with Gasteiger partial charge in [0, 0.05) is 0 Å². The average Bonchev–Trinajstić information content (AvgIpc) is 2.36. The summed E-state index contributed by atoms with van der Waals surface area (Å²) in [6.07, 6.45) is 0.